The van der Waals surface area contributed by atoms with Gasteiger partial charge in [0.2, 0.25) is 5.91 Å². The van der Waals surface area contributed by atoms with Gasteiger partial charge in [-0.1, -0.05) is 18.2 Å². The van der Waals surface area contributed by atoms with Crippen LogP contribution in [0.4, 0.5) is 13.2 Å². The van der Waals surface area contributed by atoms with Crippen molar-refractivity contribution in [1.29, 1.82) is 0 Å². The summed E-state index contributed by atoms with van der Waals surface area (Å²) in [4.78, 5) is 11.9. The van der Waals surface area contributed by atoms with Crippen LogP contribution in [-0.2, 0) is 4.79 Å². The number of hydrogen-bond donors (Lipinski definition) is 2. The van der Waals surface area contributed by atoms with Gasteiger partial charge in [-0.25, -0.2) is 5.48 Å². The second kappa shape index (κ2) is 5.67. The summed E-state index contributed by atoms with van der Waals surface area (Å²) in [6.45, 7) is 0.634. The zero-order valence-electron chi connectivity index (χ0n) is 12.5. The number of nitrogens with one attached hydrogen (secondary N) is 1. The fourth-order valence-corrected chi connectivity index (χ4v) is 3.87. The number of hydroxylamine groups is 1. The van der Waals surface area contributed by atoms with Gasteiger partial charge in [0.05, 0.1) is 5.57 Å². The lowest BCUT2D eigenvalue weighted by Gasteiger charge is -2.19. The number of nitrogens with zero attached hydrogens (tertiary/aromatic N) is 2. The Morgan fingerprint density at radius 3 is 2.65 bits per heavy atom. The number of hydrogen-bond acceptors (Lipinski definition) is 4. The van der Waals surface area contributed by atoms with Crippen LogP contribution < -0.4 is 5.48 Å². The van der Waals surface area contributed by atoms with Crippen LogP contribution in [-0.4, -0.2) is 42.1 Å². The number of allylic oxidation sites excluding steroid dienone is 4. The molecular formula is C15H18F3N3O2. The van der Waals surface area contributed by atoms with Crippen molar-refractivity contribution in [2.24, 2.45) is 34.7 Å². The van der Waals surface area contributed by atoms with Crippen molar-refractivity contribution in [2.75, 3.05) is 13.6 Å². The van der Waals surface area contributed by atoms with E-state index < -0.39 is 23.6 Å². The summed E-state index contributed by atoms with van der Waals surface area (Å²) >= 11 is 0. The van der Waals surface area contributed by atoms with Crippen LogP contribution in [0.1, 0.15) is 6.42 Å². The number of alkyl halides is 3. The van der Waals surface area contributed by atoms with Crippen LogP contribution in [0.5, 0.6) is 0 Å². The smallest absolute Gasteiger partial charge is 0.300 e. The first-order valence-corrected chi connectivity index (χ1v) is 7.47. The molecule has 1 fully saturated rings. The van der Waals surface area contributed by atoms with E-state index in [1.54, 1.807) is 23.8 Å². The average Bonchev–Trinajstić information content (AvgIpc) is 3.12. The molecule has 0 bridgehead atoms. The Morgan fingerprint density at radius 2 is 2.09 bits per heavy atom. The quantitative estimate of drug-likeness (QED) is 0.615. The zero-order chi connectivity index (χ0) is 16.8. The minimum atomic E-state index is -4.39. The molecule has 23 heavy (non-hydrogen) atoms. The molecular weight excluding hydrogens is 311 g/mol. The maximum Gasteiger partial charge on any atom is 0.416 e. The third kappa shape index (κ3) is 2.99. The van der Waals surface area contributed by atoms with Crippen LogP contribution >= 0.6 is 0 Å². The first-order valence-electron chi connectivity index (χ1n) is 7.47. The number of carbonyl (C=O) groups is 1. The van der Waals surface area contributed by atoms with Gasteiger partial charge in [-0.2, -0.15) is 18.3 Å². The highest BCUT2D eigenvalue weighted by Crippen LogP contribution is 2.57. The van der Waals surface area contributed by atoms with Gasteiger partial charge < -0.3 is 0 Å². The van der Waals surface area contributed by atoms with E-state index in [1.165, 1.54) is 12.2 Å². The van der Waals surface area contributed by atoms with E-state index >= 15 is 0 Å². The monoisotopic (exact) mass is 329 g/mol. The molecule has 3 rings (SSSR count). The van der Waals surface area contributed by atoms with Gasteiger partial charge in [-0.15, -0.1) is 0 Å². The van der Waals surface area contributed by atoms with E-state index in [2.05, 4.69) is 5.10 Å². The summed E-state index contributed by atoms with van der Waals surface area (Å²) in [5, 5.41) is 14.8. The first kappa shape index (κ1) is 16.0. The average molecular weight is 329 g/mol. The molecule has 0 aromatic rings. The fourth-order valence-electron chi connectivity index (χ4n) is 3.87. The minimum absolute atomic E-state index is 0.0148. The van der Waals surface area contributed by atoms with Crippen LogP contribution in [0.3, 0.4) is 0 Å². The Balaban J connectivity index is 1.80. The van der Waals surface area contributed by atoms with Crippen LogP contribution in [0.25, 0.3) is 0 Å². The second-order valence-electron chi connectivity index (χ2n) is 6.35. The van der Waals surface area contributed by atoms with Crippen molar-refractivity contribution in [1.82, 2.24) is 10.5 Å². The summed E-state index contributed by atoms with van der Waals surface area (Å²) in [5.41, 5.74) is 0.977. The van der Waals surface area contributed by atoms with E-state index in [0.29, 0.717) is 13.0 Å². The van der Waals surface area contributed by atoms with Gasteiger partial charge in [-0.05, 0) is 24.2 Å². The molecule has 0 radical (unpaired) electrons. The molecule has 2 aliphatic carbocycles. The topological polar surface area (TPSA) is 64.9 Å². The molecule has 2 unspecified atom stereocenters. The highest BCUT2D eigenvalue weighted by atomic mass is 19.4. The molecule has 1 amide bonds. The standard InChI is InChI=1S/C15H18F3N3O2/c1-21-7-9(6-19-21)12-11(13(12)14(22)20-23)8-3-2-4-10(5-8)15(16,17)18/h2,4-6,8-9,11-13,23H,3,7H2,1H3,(H,20,22)/t8?,9?,11-,12-,13-/m1/s1. The zero-order valence-corrected chi connectivity index (χ0v) is 12.5. The van der Waals surface area contributed by atoms with Crippen molar-refractivity contribution in [3.63, 3.8) is 0 Å². The molecule has 0 spiro atoms. The Labute approximate surface area is 131 Å². The van der Waals surface area contributed by atoms with Crippen molar-refractivity contribution in [2.45, 2.75) is 12.6 Å². The normalized spacial score (nSPS) is 36.1. The Morgan fingerprint density at radius 1 is 1.39 bits per heavy atom. The van der Waals surface area contributed by atoms with Crippen LogP contribution in [0.2, 0.25) is 0 Å². The molecule has 126 valence electrons. The third-order valence-corrected chi connectivity index (χ3v) is 4.89. The van der Waals surface area contributed by atoms with Crippen molar-refractivity contribution >= 4 is 12.1 Å². The first-order chi connectivity index (χ1) is 10.8. The maximum absolute atomic E-state index is 12.9. The lowest BCUT2D eigenvalue weighted by molar-refractivity contribution is -0.131. The van der Waals surface area contributed by atoms with Gasteiger partial charge in [-0.3, -0.25) is 15.0 Å². The predicted molar refractivity (Wildman–Crippen MR) is 76.4 cm³/mol. The number of rotatable bonds is 3. The summed E-state index contributed by atoms with van der Waals surface area (Å²) in [6.07, 6.45) is 1.64. The molecule has 2 N–H and O–H groups in total. The van der Waals surface area contributed by atoms with Gasteiger partial charge >= 0.3 is 6.18 Å². The van der Waals surface area contributed by atoms with E-state index in [-0.39, 0.29) is 23.7 Å². The highest BCUT2D eigenvalue weighted by Gasteiger charge is 2.60. The van der Waals surface area contributed by atoms with E-state index in [4.69, 9.17) is 5.21 Å². The lowest BCUT2D eigenvalue weighted by atomic mass is 9.88. The maximum atomic E-state index is 12.9. The van der Waals surface area contributed by atoms with Crippen LogP contribution in [0.15, 0.2) is 28.9 Å². The molecule has 0 saturated heterocycles. The van der Waals surface area contributed by atoms with Crippen molar-refractivity contribution in [3.8, 4) is 0 Å². The molecule has 3 aliphatic rings. The molecule has 1 aliphatic heterocycles. The second-order valence-corrected chi connectivity index (χ2v) is 6.35. The molecule has 8 heteroatoms. The molecule has 1 heterocycles. The number of carbonyl (C=O) groups excluding carboxylic acids is 1. The van der Waals surface area contributed by atoms with Gasteiger partial charge in [0.25, 0.3) is 0 Å². The molecule has 1 saturated carbocycles. The Kier molecular flexibility index (Phi) is 3.95. The highest BCUT2D eigenvalue weighted by molar-refractivity contribution is 5.82. The van der Waals surface area contributed by atoms with Crippen molar-refractivity contribution < 1.29 is 23.2 Å². The van der Waals surface area contributed by atoms with Crippen LogP contribution in [0, 0.1) is 29.6 Å². The predicted octanol–water partition coefficient (Wildman–Crippen LogP) is 1.97. The van der Waals surface area contributed by atoms with Gasteiger partial charge in [0.15, 0.2) is 0 Å². The summed E-state index contributed by atoms with van der Waals surface area (Å²) < 4.78 is 38.7. The van der Waals surface area contributed by atoms with Gasteiger partial charge in [0.1, 0.15) is 0 Å². The number of hydrazone groups is 1. The van der Waals surface area contributed by atoms with Gasteiger partial charge in [0, 0.05) is 31.6 Å². The van der Waals surface area contributed by atoms with Crippen molar-refractivity contribution in [3.05, 3.63) is 23.8 Å². The summed E-state index contributed by atoms with van der Waals surface area (Å²) in [6, 6.07) is 0. The SMILES string of the molecule is CN1CC([C@H]2[C@H](C(=O)NO)[C@@H]2C2C=C(C(F)(F)F)C=CC2)C=N1. The lowest BCUT2D eigenvalue weighted by Crippen LogP contribution is -2.24. The molecule has 5 atom stereocenters. The summed E-state index contributed by atoms with van der Waals surface area (Å²) in [5.74, 6) is -1.67. The third-order valence-electron chi connectivity index (χ3n) is 4.89. The Bertz CT molecular complexity index is 585. The van der Waals surface area contributed by atoms with E-state index in [9.17, 15) is 18.0 Å². The summed E-state index contributed by atoms with van der Waals surface area (Å²) in [7, 11) is 1.81. The number of halogens is 3. The molecule has 0 aromatic heterocycles. The minimum Gasteiger partial charge on any atom is -0.300 e. The largest absolute Gasteiger partial charge is 0.416 e. The Hall–Kier alpha value is -1.83. The van der Waals surface area contributed by atoms with E-state index in [0.717, 1.165) is 6.08 Å². The number of amides is 1. The molecule has 0 aromatic carbocycles. The molecule has 5 nitrogen and oxygen atoms in total. The van der Waals surface area contributed by atoms with E-state index in [1.807, 2.05) is 0 Å². The fraction of sp³-hybridized carbons (Fsp3) is 0.600.